The number of hydrogen-bond acceptors (Lipinski definition) is 6. The van der Waals surface area contributed by atoms with E-state index >= 15 is 0 Å². The van der Waals surface area contributed by atoms with Crippen LogP contribution in [0.25, 0.3) is 0 Å². The van der Waals surface area contributed by atoms with Crippen molar-refractivity contribution in [2.45, 2.75) is 30.3 Å². The highest BCUT2D eigenvalue weighted by molar-refractivity contribution is 7.99. The van der Waals surface area contributed by atoms with Gasteiger partial charge in [0.1, 0.15) is 16.5 Å². The first-order valence-corrected chi connectivity index (χ1v) is 13.4. The maximum Gasteiger partial charge on any atom is 0.271 e. The molecule has 0 bridgehead atoms. The molecule has 6 nitrogen and oxygen atoms in total. The van der Waals surface area contributed by atoms with E-state index < -0.39 is 5.82 Å². The Labute approximate surface area is 216 Å². The maximum absolute atomic E-state index is 13.9. The van der Waals surface area contributed by atoms with E-state index in [1.807, 2.05) is 11.0 Å². The van der Waals surface area contributed by atoms with Crippen molar-refractivity contribution in [1.82, 2.24) is 20.2 Å². The molecule has 0 saturated carbocycles. The second-order valence-corrected chi connectivity index (χ2v) is 10.3. The van der Waals surface area contributed by atoms with Gasteiger partial charge in [-0.1, -0.05) is 23.7 Å². The molecule has 1 aliphatic rings. The molecule has 35 heavy (non-hydrogen) atoms. The summed E-state index contributed by atoms with van der Waals surface area (Å²) in [6.45, 7) is 5.00. The maximum atomic E-state index is 13.9. The van der Waals surface area contributed by atoms with Crippen LogP contribution in [0.15, 0.2) is 59.6 Å². The van der Waals surface area contributed by atoms with Gasteiger partial charge in [-0.2, -0.15) is 0 Å². The summed E-state index contributed by atoms with van der Waals surface area (Å²) in [5.74, 6) is 0.0412. The summed E-state index contributed by atoms with van der Waals surface area (Å²) in [5.41, 5.74) is 1.29. The zero-order chi connectivity index (χ0) is 24.8. The second-order valence-electron chi connectivity index (χ2n) is 8.01. The lowest BCUT2D eigenvalue weighted by atomic mass is 9.97. The highest BCUT2D eigenvalue weighted by atomic mass is 35.5. The van der Waals surface area contributed by atoms with Gasteiger partial charge in [0, 0.05) is 53.5 Å². The Bertz CT molecular complexity index is 1230. The van der Waals surface area contributed by atoms with Gasteiger partial charge in [-0.15, -0.1) is 29.7 Å². The smallest absolute Gasteiger partial charge is 0.271 e. The van der Waals surface area contributed by atoms with Gasteiger partial charge in [-0.05, 0) is 37.1 Å². The van der Waals surface area contributed by atoms with Crippen molar-refractivity contribution in [3.05, 3.63) is 87.2 Å². The van der Waals surface area contributed by atoms with E-state index in [0.29, 0.717) is 45.7 Å². The molecule has 0 aliphatic carbocycles. The lowest BCUT2D eigenvalue weighted by Crippen LogP contribution is -2.38. The van der Waals surface area contributed by atoms with Crippen LogP contribution in [-0.2, 0) is 6.54 Å². The molecule has 1 aromatic carbocycles. The van der Waals surface area contributed by atoms with Crippen molar-refractivity contribution >= 4 is 46.5 Å². The van der Waals surface area contributed by atoms with Crippen LogP contribution >= 0.6 is 34.7 Å². The molecule has 3 aromatic rings. The fourth-order valence-corrected chi connectivity index (χ4v) is 5.67. The number of piperidine rings is 1. The van der Waals surface area contributed by atoms with Crippen molar-refractivity contribution in [3.63, 3.8) is 0 Å². The van der Waals surface area contributed by atoms with Crippen molar-refractivity contribution < 1.29 is 14.0 Å². The zero-order valence-corrected chi connectivity index (χ0v) is 21.3. The molecule has 1 saturated heterocycles. The molecule has 4 rings (SSSR count). The summed E-state index contributed by atoms with van der Waals surface area (Å²) in [7, 11) is 0. The minimum Gasteiger partial charge on any atom is -0.346 e. The molecule has 10 heteroatoms. The molecule has 1 N–H and O–H groups in total. The Morgan fingerprint density at radius 3 is 2.86 bits per heavy atom. The number of likely N-dealkylation sites (tertiary alicyclic amines) is 1. The number of carbonyl (C=O) groups is 2. The molecular weight excluding hydrogens is 507 g/mol. The summed E-state index contributed by atoms with van der Waals surface area (Å²) in [6.07, 6.45) is 5.02. The molecule has 3 heterocycles. The number of hydrogen-bond donors (Lipinski definition) is 1. The number of halogens is 2. The van der Waals surface area contributed by atoms with E-state index in [2.05, 4.69) is 21.9 Å². The van der Waals surface area contributed by atoms with Crippen molar-refractivity contribution in [2.75, 3.05) is 18.8 Å². The number of nitrogens with one attached hydrogen (secondary N) is 1. The number of aromatic nitrogens is 2. The summed E-state index contributed by atoms with van der Waals surface area (Å²) >= 11 is 8.71. The van der Waals surface area contributed by atoms with Gasteiger partial charge in [0.2, 0.25) is 0 Å². The summed E-state index contributed by atoms with van der Waals surface area (Å²) in [6, 6.07) is 7.94. The van der Waals surface area contributed by atoms with Crippen LogP contribution in [0.1, 0.15) is 50.2 Å². The number of amides is 2. The molecule has 0 atom stereocenters. The van der Waals surface area contributed by atoms with E-state index in [1.54, 1.807) is 35.9 Å². The van der Waals surface area contributed by atoms with E-state index in [4.69, 9.17) is 11.6 Å². The third-order valence-electron chi connectivity index (χ3n) is 5.68. The number of benzene rings is 1. The number of pyridine rings is 1. The molecule has 1 aliphatic heterocycles. The number of nitrogens with zero attached hydrogens (tertiary/aromatic N) is 3. The highest BCUT2D eigenvalue weighted by Gasteiger charge is 2.28. The van der Waals surface area contributed by atoms with Gasteiger partial charge in [-0.3, -0.25) is 9.59 Å². The van der Waals surface area contributed by atoms with Gasteiger partial charge < -0.3 is 10.2 Å². The Morgan fingerprint density at radius 1 is 1.31 bits per heavy atom. The van der Waals surface area contributed by atoms with Crippen LogP contribution < -0.4 is 5.32 Å². The predicted octanol–water partition coefficient (Wildman–Crippen LogP) is 5.56. The Morgan fingerprint density at radius 2 is 2.11 bits per heavy atom. The molecule has 0 radical (unpaired) electrons. The average Bonchev–Trinajstić information content (AvgIpc) is 3.37. The third kappa shape index (κ3) is 6.28. The quantitative estimate of drug-likeness (QED) is 0.305. The van der Waals surface area contributed by atoms with Crippen LogP contribution in [0.4, 0.5) is 4.39 Å². The third-order valence-corrected chi connectivity index (χ3v) is 7.92. The average molecular weight is 531 g/mol. The fourth-order valence-electron chi connectivity index (χ4n) is 3.82. The fraction of sp³-hybridized carbons (Fsp3) is 0.280. The number of thioether (sulfide) groups is 1. The molecular formula is C25H24ClFN4O2S2. The number of thiazole rings is 1. The van der Waals surface area contributed by atoms with Crippen LogP contribution in [-0.4, -0.2) is 45.5 Å². The Kier molecular flexibility index (Phi) is 8.54. The largest absolute Gasteiger partial charge is 0.346 e. The minimum absolute atomic E-state index is 0.0169. The van der Waals surface area contributed by atoms with Gasteiger partial charge in [-0.25, -0.2) is 14.4 Å². The van der Waals surface area contributed by atoms with Crippen molar-refractivity contribution in [1.29, 1.82) is 0 Å². The molecule has 2 amide bonds. The molecule has 0 spiro atoms. The standard InChI is InChI=1S/C25H24ClFN4O2S2/c1-2-12-34-24-19(4-3-9-28-24)25(33)31-10-7-16(8-11-31)23-30-21(15-35-23)22(32)29-14-17-5-6-18(26)13-20(17)27/h2-6,9,13,15-16H,1,7-8,10-12,14H2,(H,29,32). The van der Waals surface area contributed by atoms with Gasteiger partial charge in [0.25, 0.3) is 11.8 Å². The Balaban J connectivity index is 1.32. The van der Waals surface area contributed by atoms with Crippen LogP contribution in [0.5, 0.6) is 0 Å². The van der Waals surface area contributed by atoms with Crippen molar-refractivity contribution in [2.24, 2.45) is 0 Å². The van der Waals surface area contributed by atoms with Crippen LogP contribution in [0, 0.1) is 5.82 Å². The topological polar surface area (TPSA) is 75.2 Å². The molecule has 0 unspecified atom stereocenters. The van der Waals surface area contributed by atoms with Gasteiger partial charge in [0.15, 0.2) is 0 Å². The Hall–Kier alpha value is -2.75. The monoisotopic (exact) mass is 530 g/mol. The second kappa shape index (κ2) is 11.8. The first kappa shape index (κ1) is 25.3. The summed E-state index contributed by atoms with van der Waals surface area (Å²) in [4.78, 5) is 36.3. The summed E-state index contributed by atoms with van der Waals surface area (Å²) in [5, 5.41) is 6.33. The SMILES string of the molecule is C=CCSc1ncccc1C(=O)N1CCC(c2nc(C(=O)NCc3ccc(Cl)cc3F)cs2)CC1. The number of rotatable bonds is 8. The first-order chi connectivity index (χ1) is 17.0. The first-order valence-electron chi connectivity index (χ1n) is 11.1. The van der Waals surface area contributed by atoms with Crippen LogP contribution in [0.3, 0.4) is 0 Å². The van der Waals surface area contributed by atoms with E-state index in [9.17, 15) is 14.0 Å². The van der Waals surface area contributed by atoms with Crippen LogP contribution in [0.2, 0.25) is 5.02 Å². The predicted molar refractivity (Wildman–Crippen MR) is 138 cm³/mol. The molecule has 1 fully saturated rings. The molecule has 182 valence electrons. The minimum atomic E-state index is -0.462. The summed E-state index contributed by atoms with van der Waals surface area (Å²) < 4.78 is 13.9. The molecule has 2 aromatic heterocycles. The normalized spacial score (nSPS) is 14.1. The van der Waals surface area contributed by atoms with Gasteiger partial charge >= 0.3 is 0 Å². The zero-order valence-electron chi connectivity index (χ0n) is 18.9. The lowest BCUT2D eigenvalue weighted by Gasteiger charge is -2.31. The lowest BCUT2D eigenvalue weighted by molar-refractivity contribution is 0.0708. The van der Waals surface area contributed by atoms with E-state index in [0.717, 1.165) is 17.8 Å². The van der Waals surface area contributed by atoms with E-state index in [1.165, 1.54) is 29.2 Å². The van der Waals surface area contributed by atoms with Crippen molar-refractivity contribution in [3.8, 4) is 0 Å². The highest BCUT2D eigenvalue weighted by Crippen LogP contribution is 2.31. The van der Waals surface area contributed by atoms with E-state index in [-0.39, 0.29) is 24.3 Å². The number of carbonyl (C=O) groups excluding carboxylic acids is 2. The van der Waals surface area contributed by atoms with Gasteiger partial charge in [0.05, 0.1) is 10.6 Å².